The Morgan fingerprint density at radius 2 is 1.67 bits per heavy atom. The van der Waals surface area contributed by atoms with E-state index in [2.05, 4.69) is 5.32 Å². The summed E-state index contributed by atoms with van der Waals surface area (Å²) < 4.78 is 0. The van der Waals surface area contributed by atoms with Crippen molar-refractivity contribution in [1.29, 1.82) is 0 Å². The van der Waals surface area contributed by atoms with Gasteiger partial charge < -0.3 is 16.2 Å². The van der Waals surface area contributed by atoms with E-state index >= 15 is 0 Å². The first-order valence-electron chi connectivity index (χ1n) is 6.96. The van der Waals surface area contributed by atoms with Crippen molar-refractivity contribution in [2.45, 2.75) is 19.0 Å². The predicted molar refractivity (Wildman–Crippen MR) is 82.4 cm³/mol. The summed E-state index contributed by atoms with van der Waals surface area (Å²) in [4.78, 5) is 12.2. The molecular weight excluding hydrogens is 264 g/mol. The largest absolute Gasteiger partial charge is 0.394 e. The van der Waals surface area contributed by atoms with Gasteiger partial charge in [-0.2, -0.15) is 0 Å². The van der Waals surface area contributed by atoms with Crippen LogP contribution in [0.4, 0.5) is 0 Å². The molecule has 0 aliphatic rings. The summed E-state index contributed by atoms with van der Waals surface area (Å²) in [6.07, 6.45) is 0.261. The molecule has 1 unspecified atom stereocenters. The van der Waals surface area contributed by atoms with Crippen molar-refractivity contribution >= 4 is 5.91 Å². The van der Waals surface area contributed by atoms with Crippen molar-refractivity contribution in [3.63, 3.8) is 0 Å². The van der Waals surface area contributed by atoms with Crippen molar-refractivity contribution in [3.8, 4) is 0 Å². The second kappa shape index (κ2) is 7.57. The first-order valence-corrected chi connectivity index (χ1v) is 6.96. The maximum Gasteiger partial charge on any atom is 0.224 e. The number of carbonyl (C=O) groups is 1. The van der Waals surface area contributed by atoms with Gasteiger partial charge in [-0.05, 0) is 16.7 Å². The molecule has 1 amide bonds. The molecule has 0 heterocycles. The SMILES string of the molecule is NCc1ccccc1CC(=O)NC(CO)c1ccccc1. The Balaban J connectivity index is 2.03. The van der Waals surface area contributed by atoms with Gasteiger partial charge in [-0.15, -0.1) is 0 Å². The second-order valence-corrected chi connectivity index (χ2v) is 4.86. The van der Waals surface area contributed by atoms with Gasteiger partial charge in [0.1, 0.15) is 0 Å². The average Bonchev–Trinajstić information content (AvgIpc) is 2.54. The number of benzene rings is 2. The van der Waals surface area contributed by atoms with E-state index in [4.69, 9.17) is 5.73 Å². The third kappa shape index (κ3) is 4.15. The van der Waals surface area contributed by atoms with Gasteiger partial charge in [-0.1, -0.05) is 54.6 Å². The minimum absolute atomic E-state index is 0.126. The van der Waals surface area contributed by atoms with Crippen LogP contribution in [-0.4, -0.2) is 17.6 Å². The first-order chi connectivity index (χ1) is 10.2. The van der Waals surface area contributed by atoms with Gasteiger partial charge in [0.15, 0.2) is 0 Å². The van der Waals surface area contributed by atoms with Crippen LogP contribution in [0.5, 0.6) is 0 Å². The van der Waals surface area contributed by atoms with Gasteiger partial charge in [-0.3, -0.25) is 4.79 Å². The predicted octanol–water partition coefficient (Wildman–Crippen LogP) is 1.54. The first kappa shape index (κ1) is 15.2. The Morgan fingerprint density at radius 3 is 2.29 bits per heavy atom. The summed E-state index contributed by atoms with van der Waals surface area (Å²) in [6.45, 7) is 0.278. The van der Waals surface area contributed by atoms with Crippen molar-refractivity contribution < 1.29 is 9.90 Å². The molecule has 0 aliphatic carbocycles. The molecular formula is C17H20N2O2. The van der Waals surface area contributed by atoms with Gasteiger partial charge in [0.25, 0.3) is 0 Å². The summed E-state index contributed by atoms with van der Waals surface area (Å²) in [5.74, 6) is -0.126. The zero-order valence-corrected chi connectivity index (χ0v) is 11.8. The highest BCUT2D eigenvalue weighted by molar-refractivity contribution is 5.79. The third-order valence-electron chi connectivity index (χ3n) is 3.41. The second-order valence-electron chi connectivity index (χ2n) is 4.86. The summed E-state index contributed by atoms with van der Waals surface area (Å²) in [5.41, 5.74) is 8.45. The lowest BCUT2D eigenvalue weighted by molar-refractivity contribution is -0.121. The Morgan fingerprint density at radius 1 is 1.05 bits per heavy atom. The quantitative estimate of drug-likeness (QED) is 0.753. The van der Waals surface area contributed by atoms with Gasteiger partial charge in [-0.25, -0.2) is 0 Å². The maximum atomic E-state index is 12.2. The molecule has 2 aromatic rings. The smallest absolute Gasteiger partial charge is 0.224 e. The van der Waals surface area contributed by atoms with E-state index < -0.39 is 0 Å². The van der Waals surface area contributed by atoms with Crippen LogP contribution in [0.25, 0.3) is 0 Å². The lowest BCUT2D eigenvalue weighted by atomic mass is 10.0. The number of nitrogens with one attached hydrogen (secondary N) is 1. The number of hydrogen-bond acceptors (Lipinski definition) is 3. The fraction of sp³-hybridized carbons (Fsp3) is 0.235. The van der Waals surface area contributed by atoms with Crippen LogP contribution >= 0.6 is 0 Å². The molecule has 110 valence electrons. The van der Waals surface area contributed by atoms with Crippen LogP contribution in [0, 0.1) is 0 Å². The van der Waals surface area contributed by atoms with E-state index in [0.717, 1.165) is 16.7 Å². The number of carbonyl (C=O) groups excluding carboxylic acids is 1. The van der Waals surface area contributed by atoms with Crippen LogP contribution in [0.1, 0.15) is 22.7 Å². The summed E-state index contributed by atoms with van der Waals surface area (Å²) in [6, 6.07) is 16.7. The zero-order valence-electron chi connectivity index (χ0n) is 11.8. The number of aliphatic hydroxyl groups excluding tert-OH is 1. The monoisotopic (exact) mass is 284 g/mol. The highest BCUT2D eigenvalue weighted by Gasteiger charge is 2.14. The van der Waals surface area contributed by atoms with Crippen LogP contribution in [-0.2, 0) is 17.8 Å². The molecule has 0 spiro atoms. The molecule has 4 N–H and O–H groups in total. The lowest BCUT2D eigenvalue weighted by Crippen LogP contribution is -2.32. The average molecular weight is 284 g/mol. The molecule has 0 radical (unpaired) electrons. The van der Waals surface area contributed by atoms with Crippen molar-refractivity contribution in [3.05, 3.63) is 71.3 Å². The van der Waals surface area contributed by atoms with Crippen molar-refractivity contribution in [2.24, 2.45) is 5.73 Å². The Hall–Kier alpha value is -2.17. The summed E-state index contributed by atoms with van der Waals surface area (Å²) >= 11 is 0. The minimum atomic E-state index is -0.385. The Kier molecular flexibility index (Phi) is 5.49. The molecule has 0 saturated heterocycles. The Labute approximate surface area is 124 Å². The molecule has 0 bridgehead atoms. The van der Waals surface area contributed by atoms with Crippen LogP contribution in [0.2, 0.25) is 0 Å². The molecule has 0 aliphatic heterocycles. The highest BCUT2D eigenvalue weighted by Crippen LogP contribution is 2.13. The van der Waals surface area contributed by atoms with Crippen LogP contribution < -0.4 is 11.1 Å². The molecule has 2 rings (SSSR count). The molecule has 2 aromatic carbocycles. The van der Waals surface area contributed by atoms with E-state index in [-0.39, 0.29) is 25.0 Å². The van der Waals surface area contributed by atoms with Crippen LogP contribution in [0.15, 0.2) is 54.6 Å². The highest BCUT2D eigenvalue weighted by atomic mass is 16.3. The van der Waals surface area contributed by atoms with Gasteiger partial charge in [0.2, 0.25) is 5.91 Å². The summed E-state index contributed by atoms with van der Waals surface area (Å²) in [5, 5.41) is 12.3. The third-order valence-corrected chi connectivity index (χ3v) is 3.41. The zero-order chi connectivity index (χ0) is 15.1. The van der Waals surface area contributed by atoms with E-state index in [9.17, 15) is 9.90 Å². The van der Waals surface area contributed by atoms with E-state index in [1.807, 2.05) is 54.6 Å². The lowest BCUT2D eigenvalue weighted by Gasteiger charge is -2.17. The van der Waals surface area contributed by atoms with Crippen LogP contribution in [0.3, 0.4) is 0 Å². The van der Waals surface area contributed by atoms with Crippen molar-refractivity contribution in [2.75, 3.05) is 6.61 Å². The normalized spacial score (nSPS) is 11.9. The minimum Gasteiger partial charge on any atom is -0.394 e. The topological polar surface area (TPSA) is 75.4 Å². The molecule has 4 nitrogen and oxygen atoms in total. The standard InChI is InChI=1S/C17H20N2O2/c18-11-15-9-5-4-8-14(15)10-17(21)19-16(12-20)13-6-2-1-3-7-13/h1-9,16,20H,10-12,18H2,(H,19,21). The summed E-state index contributed by atoms with van der Waals surface area (Å²) in [7, 11) is 0. The maximum absolute atomic E-state index is 12.2. The fourth-order valence-electron chi connectivity index (χ4n) is 2.27. The molecule has 0 fully saturated rings. The van der Waals surface area contributed by atoms with E-state index in [0.29, 0.717) is 6.54 Å². The Bertz CT molecular complexity index is 584. The fourth-order valence-corrected chi connectivity index (χ4v) is 2.27. The van der Waals surface area contributed by atoms with E-state index in [1.54, 1.807) is 0 Å². The van der Waals surface area contributed by atoms with Gasteiger partial charge in [0.05, 0.1) is 19.1 Å². The molecule has 4 heteroatoms. The molecule has 1 atom stereocenters. The molecule has 21 heavy (non-hydrogen) atoms. The molecule has 0 aromatic heterocycles. The van der Waals surface area contributed by atoms with E-state index in [1.165, 1.54) is 0 Å². The van der Waals surface area contributed by atoms with Gasteiger partial charge in [0, 0.05) is 6.54 Å². The number of aliphatic hydroxyl groups is 1. The van der Waals surface area contributed by atoms with Gasteiger partial charge >= 0.3 is 0 Å². The number of amides is 1. The number of hydrogen-bond donors (Lipinski definition) is 3. The number of rotatable bonds is 6. The number of nitrogens with two attached hydrogens (primary N) is 1. The molecule has 0 saturated carbocycles. The van der Waals surface area contributed by atoms with Crippen molar-refractivity contribution in [1.82, 2.24) is 5.32 Å².